The molecule has 0 N–H and O–H groups in total. The monoisotopic (exact) mass is 465 g/mol. The molecule has 3 amide bonds. The molecule has 174 valence electrons. The van der Waals surface area contributed by atoms with Crippen molar-refractivity contribution in [3.05, 3.63) is 56.7 Å². The molecule has 2 aliphatic rings. The zero-order valence-electron chi connectivity index (χ0n) is 20.0. The summed E-state index contributed by atoms with van der Waals surface area (Å²) in [6, 6.07) is 6.39. The average molecular weight is 466 g/mol. The normalized spacial score (nSPS) is 18.0. The summed E-state index contributed by atoms with van der Waals surface area (Å²) in [5.74, 6) is -0.537. The van der Waals surface area contributed by atoms with Crippen LogP contribution in [0.2, 0.25) is 0 Å². The topological polar surface area (TPSA) is 62.6 Å². The molecule has 7 heteroatoms. The lowest BCUT2D eigenvalue weighted by Crippen LogP contribution is -2.44. The van der Waals surface area contributed by atoms with Crippen molar-refractivity contribution in [3.8, 4) is 5.69 Å². The maximum atomic E-state index is 13.0. The minimum absolute atomic E-state index is 0.151. The molecule has 3 heterocycles. The van der Waals surface area contributed by atoms with Gasteiger partial charge >= 0.3 is 0 Å². The number of carbonyl (C=O) groups is 3. The zero-order valence-corrected chi connectivity index (χ0v) is 20.8. The van der Waals surface area contributed by atoms with Crippen LogP contribution in [0.1, 0.15) is 52.9 Å². The molecule has 0 bridgehead atoms. The number of likely N-dealkylation sites (tertiary alicyclic amines) is 1. The second-order valence-electron chi connectivity index (χ2n) is 9.12. The number of piperidine rings is 1. The summed E-state index contributed by atoms with van der Waals surface area (Å²) in [5.41, 5.74) is 7.74. The average Bonchev–Trinajstić information content (AvgIpc) is 3.18. The van der Waals surface area contributed by atoms with E-state index in [1.54, 1.807) is 11.0 Å². The molecule has 2 saturated heterocycles. The van der Waals surface area contributed by atoms with E-state index in [1.807, 2.05) is 19.9 Å². The summed E-state index contributed by atoms with van der Waals surface area (Å²) in [5, 5.41) is -0.379. The van der Waals surface area contributed by atoms with E-state index in [1.165, 1.54) is 16.7 Å². The quantitative estimate of drug-likeness (QED) is 0.592. The fraction of sp³-hybridized carbons (Fsp3) is 0.423. The van der Waals surface area contributed by atoms with E-state index in [0.29, 0.717) is 18.0 Å². The minimum Gasteiger partial charge on any atom is -0.341 e. The van der Waals surface area contributed by atoms with Crippen molar-refractivity contribution in [1.82, 2.24) is 14.4 Å². The Hall–Kier alpha value is -2.80. The van der Waals surface area contributed by atoms with Crippen LogP contribution >= 0.6 is 11.8 Å². The summed E-state index contributed by atoms with van der Waals surface area (Å²) in [7, 11) is 0. The lowest BCUT2D eigenvalue weighted by Gasteiger charge is -2.27. The first-order chi connectivity index (χ1) is 15.7. The highest BCUT2D eigenvalue weighted by atomic mass is 32.2. The Balaban J connectivity index is 1.60. The summed E-state index contributed by atoms with van der Waals surface area (Å²) in [4.78, 5) is 41.4. The summed E-state index contributed by atoms with van der Waals surface area (Å²) < 4.78 is 2.21. The van der Waals surface area contributed by atoms with Crippen LogP contribution in [0.5, 0.6) is 0 Å². The Morgan fingerprint density at radius 2 is 1.61 bits per heavy atom. The van der Waals surface area contributed by atoms with Crippen LogP contribution in [0.25, 0.3) is 11.8 Å². The number of aromatic nitrogens is 1. The van der Waals surface area contributed by atoms with Crippen LogP contribution in [-0.4, -0.2) is 51.1 Å². The van der Waals surface area contributed by atoms with Gasteiger partial charge in [-0.05, 0) is 94.5 Å². The number of thioether (sulfide) groups is 1. The highest BCUT2D eigenvalue weighted by Crippen LogP contribution is 2.34. The van der Waals surface area contributed by atoms with Gasteiger partial charge in [-0.25, -0.2) is 0 Å². The van der Waals surface area contributed by atoms with Crippen LogP contribution in [-0.2, 0) is 9.59 Å². The first kappa shape index (κ1) is 23.4. The molecule has 0 aliphatic carbocycles. The first-order valence-corrected chi connectivity index (χ1v) is 12.3. The molecular weight excluding hydrogens is 434 g/mol. The number of amides is 3. The standard InChI is InChI=1S/C26H31N3O3S/c1-16-11-17(2)24(18(3)12-16)29-19(4)13-21(20(29)5)14-22-25(31)28(26(32)33-22)15-23(30)27-9-7-6-8-10-27/h11-14H,6-10,15H2,1-5H3/b22-14-. The van der Waals surface area contributed by atoms with Gasteiger partial charge in [-0.15, -0.1) is 0 Å². The molecule has 2 aromatic rings. The molecule has 0 unspecified atom stereocenters. The van der Waals surface area contributed by atoms with E-state index in [0.717, 1.165) is 58.6 Å². The van der Waals surface area contributed by atoms with Crippen LogP contribution in [0.4, 0.5) is 4.79 Å². The summed E-state index contributed by atoms with van der Waals surface area (Å²) in [6.45, 7) is 11.6. The van der Waals surface area contributed by atoms with Crippen LogP contribution in [0.15, 0.2) is 23.1 Å². The number of benzene rings is 1. The molecule has 33 heavy (non-hydrogen) atoms. The van der Waals surface area contributed by atoms with Gasteiger partial charge in [-0.3, -0.25) is 19.3 Å². The predicted molar refractivity (Wildman–Crippen MR) is 133 cm³/mol. The van der Waals surface area contributed by atoms with Crippen LogP contribution in [0, 0.1) is 34.6 Å². The molecule has 2 fully saturated rings. The lowest BCUT2D eigenvalue weighted by atomic mass is 10.0. The van der Waals surface area contributed by atoms with Gasteiger partial charge in [0.15, 0.2) is 0 Å². The third kappa shape index (κ3) is 4.51. The Labute approximate surface area is 199 Å². The lowest BCUT2D eigenvalue weighted by molar-refractivity contribution is -0.136. The minimum atomic E-state index is -0.386. The fourth-order valence-corrected chi connectivity index (χ4v) is 5.79. The number of hydrogen-bond donors (Lipinski definition) is 0. The predicted octanol–water partition coefficient (Wildman–Crippen LogP) is 5.07. The Kier molecular flexibility index (Phi) is 6.52. The van der Waals surface area contributed by atoms with Crippen molar-refractivity contribution in [3.63, 3.8) is 0 Å². The van der Waals surface area contributed by atoms with E-state index >= 15 is 0 Å². The van der Waals surface area contributed by atoms with Crippen molar-refractivity contribution in [2.75, 3.05) is 19.6 Å². The number of hydrogen-bond acceptors (Lipinski definition) is 4. The van der Waals surface area contributed by atoms with Crippen molar-refractivity contribution in [2.45, 2.75) is 53.9 Å². The van der Waals surface area contributed by atoms with Crippen molar-refractivity contribution in [2.24, 2.45) is 0 Å². The third-order valence-electron chi connectivity index (χ3n) is 6.49. The van der Waals surface area contributed by atoms with Crippen LogP contribution < -0.4 is 0 Å². The van der Waals surface area contributed by atoms with Gasteiger partial charge in [-0.1, -0.05) is 17.7 Å². The number of carbonyl (C=O) groups excluding carboxylic acids is 3. The molecule has 2 aliphatic heterocycles. The van der Waals surface area contributed by atoms with Crippen molar-refractivity contribution in [1.29, 1.82) is 0 Å². The van der Waals surface area contributed by atoms with E-state index in [4.69, 9.17) is 0 Å². The van der Waals surface area contributed by atoms with E-state index < -0.39 is 0 Å². The van der Waals surface area contributed by atoms with Gasteiger partial charge in [0.25, 0.3) is 11.1 Å². The highest BCUT2D eigenvalue weighted by molar-refractivity contribution is 8.18. The largest absolute Gasteiger partial charge is 0.341 e. The molecule has 0 radical (unpaired) electrons. The van der Waals surface area contributed by atoms with Gasteiger partial charge in [0, 0.05) is 24.5 Å². The Bertz CT molecular complexity index is 1150. The fourth-order valence-electron chi connectivity index (χ4n) is 4.96. The molecule has 0 saturated carbocycles. The van der Waals surface area contributed by atoms with Gasteiger partial charge in [-0.2, -0.15) is 0 Å². The van der Waals surface area contributed by atoms with Crippen molar-refractivity contribution < 1.29 is 14.4 Å². The number of aryl methyl sites for hydroxylation is 4. The van der Waals surface area contributed by atoms with Gasteiger partial charge in [0.1, 0.15) is 6.54 Å². The molecule has 0 atom stereocenters. The van der Waals surface area contributed by atoms with E-state index in [9.17, 15) is 14.4 Å². The van der Waals surface area contributed by atoms with Gasteiger partial charge < -0.3 is 9.47 Å². The maximum absolute atomic E-state index is 13.0. The second kappa shape index (κ2) is 9.21. The SMILES string of the molecule is Cc1cc(C)c(-n2c(C)cc(/C=C3\SC(=O)N(CC(=O)N4CCCCC4)C3=O)c2C)c(C)c1. The van der Waals surface area contributed by atoms with E-state index in [-0.39, 0.29) is 23.6 Å². The summed E-state index contributed by atoms with van der Waals surface area (Å²) >= 11 is 0.912. The molecule has 0 spiro atoms. The Morgan fingerprint density at radius 3 is 2.24 bits per heavy atom. The van der Waals surface area contributed by atoms with E-state index in [2.05, 4.69) is 37.5 Å². The summed E-state index contributed by atoms with van der Waals surface area (Å²) in [6.07, 6.45) is 4.86. The van der Waals surface area contributed by atoms with Gasteiger partial charge in [0.2, 0.25) is 5.91 Å². The smallest absolute Gasteiger partial charge is 0.294 e. The van der Waals surface area contributed by atoms with Crippen molar-refractivity contribution >= 4 is 34.9 Å². The highest BCUT2D eigenvalue weighted by Gasteiger charge is 2.37. The molecule has 1 aromatic heterocycles. The zero-order chi connectivity index (χ0) is 23.9. The number of nitrogens with zero attached hydrogens (tertiary/aromatic N) is 3. The number of imide groups is 1. The molecule has 6 nitrogen and oxygen atoms in total. The molecule has 4 rings (SSSR count). The Morgan fingerprint density at radius 1 is 0.970 bits per heavy atom. The second-order valence-corrected chi connectivity index (χ2v) is 10.1. The van der Waals surface area contributed by atoms with Gasteiger partial charge in [0.05, 0.1) is 10.6 Å². The first-order valence-electron chi connectivity index (χ1n) is 11.5. The molecule has 1 aromatic carbocycles. The molecular formula is C26H31N3O3S. The van der Waals surface area contributed by atoms with Crippen LogP contribution in [0.3, 0.4) is 0 Å². The maximum Gasteiger partial charge on any atom is 0.294 e. The third-order valence-corrected chi connectivity index (χ3v) is 7.40. The number of rotatable bonds is 4.